The first-order valence-corrected chi connectivity index (χ1v) is 10.0. The van der Waals surface area contributed by atoms with Gasteiger partial charge in [-0.25, -0.2) is 4.98 Å². The Labute approximate surface area is 164 Å². The molecule has 136 valence electrons. The molecule has 3 heterocycles. The Morgan fingerprint density at radius 1 is 1.22 bits per heavy atom. The lowest BCUT2D eigenvalue weighted by atomic mass is 10.1. The van der Waals surface area contributed by atoms with Crippen LogP contribution < -0.4 is 0 Å². The molecule has 1 aliphatic rings. The summed E-state index contributed by atoms with van der Waals surface area (Å²) in [4.78, 5) is 31.9. The summed E-state index contributed by atoms with van der Waals surface area (Å²) in [6, 6.07) is 9.84. The molecule has 0 aliphatic carbocycles. The molecule has 0 N–H and O–H groups in total. The van der Waals surface area contributed by atoms with Crippen LogP contribution in [0, 0.1) is 13.8 Å². The van der Waals surface area contributed by atoms with Crippen LogP contribution in [0.2, 0.25) is 0 Å². The third-order valence-electron chi connectivity index (χ3n) is 4.17. The van der Waals surface area contributed by atoms with Crippen molar-refractivity contribution in [1.82, 2.24) is 9.88 Å². The third-order valence-corrected chi connectivity index (χ3v) is 5.90. The first kappa shape index (κ1) is 17.8. The normalized spacial score (nSPS) is 15.9. The number of rotatable bonds is 4. The van der Waals surface area contributed by atoms with Crippen molar-refractivity contribution < 1.29 is 14.0 Å². The van der Waals surface area contributed by atoms with Gasteiger partial charge in [0.05, 0.1) is 17.1 Å². The van der Waals surface area contributed by atoms with Crippen LogP contribution in [0.1, 0.15) is 21.7 Å². The number of aromatic nitrogens is 1. The lowest BCUT2D eigenvalue weighted by Crippen LogP contribution is -2.27. The third kappa shape index (κ3) is 3.61. The number of carbonyl (C=O) groups excluding carboxylic acids is 2. The Morgan fingerprint density at radius 2 is 2.07 bits per heavy atom. The van der Waals surface area contributed by atoms with Crippen molar-refractivity contribution in [3.63, 3.8) is 0 Å². The lowest BCUT2D eigenvalue weighted by molar-refractivity contribution is -0.123. The van der Waals surface area contributed by atoms with E-state index in [1.54, 1.807) is 6.08 Å². The van der Waals surface area contributed by atoms with Crippen LogP contribution in [-0.4, -0.2) is 21.0 Å². The summed E-state index contributed by atoms with van der Waals surface area (Å²) >= 11 is 2.48. The van der Waals surface area contributed by atoms with Crippen LogP contribution >= 0.6 is 23.1 Å². The summed E-state index contributed by atoms with van der Waals surface area (Å²) in [6.07, 6.45) is 3.25. The average molecular weight is 396 g/mol. The van der Waals surface area contributed by atoms with Gasteiger partial charge in [-0.05, 0) is 54.8 Å². The molecule has 3 aromatic rings. The van der Waals surface area contributed by atoms with Gasteiger partial charge in [0.25, 0.3) is 11.1 Å². The summed E-state index contributed by atoms with van der Waals surface area (Å²) < 4.78 is 5.58. The van der Waals surface area contributed by atoms with Gasteiger partial charge >= 0.3 is 0 Å². The number of carbonyl (C=O) groups is 2. The molecule has 7 heteroatoms. The highest BCUT2D eigenvalue weighted by Gasteiger charge is 2.35. The fourth-order valence-electron chi connectivity index (χ4n) is 2.86. The van der Waals surface area contributed by atoms with Gasteiger partial charge in [0, 0.05) is 10.4 Å². The van der Waals surface area contributed by atoms with E-state index in [-0.39, 0.29) is 17.7 Å². The van der Waals surface area contributed by atoms with Crippen LogP contribution in [0.25, 0.3) is 17.5 Å². The van der Waals surface area contributed by atoms with Crippen molar-refractivity contribution in [2.45, 2.75) is 20.4 Å². The van der Waals surface area contributed by atoms with E-state index in [1.807, 2.05) is 43.5 Å². The molecule has 4 rings (SSSR count). The van der Waals surface area contributed by atoms with Crippen LogP contribution in [0.4, 0.5) is 4.79 Å². The quantitative estimate of drug-likeness (QED) is 0.563. The fraction of sp³-hybridized carbons (Fsp3) is 0.150. The summed E-state index contributed by atoms with van der Waals surface area (Å²) in [5, 5.41) is 1.64. The molecule has 27 heavy (non-hydrogen) atoms. The van der Waals surface area contributed by atoms with E-state index in [1.165, 1.54) is 28.1 Å². The van der Waals surface area contributed by atoms with Crippen molar-refractivity contribution in [1.29, 1.82) is 0 Å². The second-order valence-corrected chi connectivity index (χ2v) is 8.22. The zero-order valence-corrected chi connectivity index (χ0v) is 16.4. The zero-order valence-electron chi connectivity index (χ0n) is 14.8. The molecule has 2 aromatic heterocycles. The average Bonchev–Trinajstić information content (AvgIpc) is 3.34. The summed E-state index contributed by atoms with van der Waals surface area (Å²) in [5.41, 5.74) is 3.68. The highest BCUT2D eigenvalue weighted by atomic mass is 32.2. The Bertz CT molecular complexity index is 1050. The molecule has 0 unspecified atom stereocenters. The van der Waals surface area contributed by atoms with Crippen LogP contribution in [0.15, 0.2) is 51.3 Å². The highest BCUT2D eigenvalue weighted by Crippen LogP contribution is 2.34. The van der Waals surface area contributed by atoms with Crippen molar-refractivity contribution in [2.75, 3.05) is 0 Å². The molecule has 0 atom stereocenters. The highest BCUT2D eigenvalue weighted by molar-refractivity contribution is 8.18. The zero-order chi connectivity index (χ0) is 19.0. The van der Waals surface area contributed by atoms with Gasteiger partial charge in [0.1, 0.15) is 6.26 Å². The van der Waals surface area contributed by atoms with Crippen molar-refractivity contribution in [2.24, 2.45) is 0 Å². The standard InChI is InChI=1S/C20H16N2O3S2/c1-12-5-6-16(13(2)8-12)18-21-14(11-25-18)10-22-19(23)17(27-20(22)24)9-15-4-3-7-26-15/h3-9,11H,10H2,1-2H3. The van der Waals surface area contributed by atoms with E-state index in [2.05, 4.69) is 11.1 Å². The minimum absolute atomic E-state index is 0.0981. The van der Waals surface area contributed by atoms with Gasteiger partial charge in [0.2, 0.25) is 5.89 Å². The van der Waals surface area contributed by atoms with E-state index in [0.29, 0.717) is 16.5 Å². The topological polar surface area (TPSA) is 63.4 Å². The Balaban J connectivity index is 1.54. The Hall–Kier alpha value is -2.64. The monoisotopic (exact) mass is 396 g/mol. The van der Waals surface area contributed by atoms with E-state index >= 15 is 0 Å². The van der Waals surface area contributed by atoms with Crippen LogP contribution in [0.5, 0.6) is 0 Å². The molecule has 0 bridgehead atoms. The van der Waals surface area contributed by atoms with Crippen molar-refractivity contribution in [3.05, 3.63) is 68.6 Å². The number of hydrogen-bond donors (Lipinski definition) is 0. The SMILES string of the molecule is Cc1ccc(-c2nc(CN3C(=O)SC(=Cc4cccs4)C3=O)co2)c(C)c1. The number of aryl methyl sites for hydroxylation is 2. The Kier molecular flexibility index (Phi) is 4.72. The van der Waals surface area contributed by atoms with Crippen molar-refractivity contribution in [3.8, 4) is 11.5 Å². The molecule has 1 aliphatic heterocycles. The lowest BCUT2D eigenvalue weighted by Gasteiger charge is -2.09. The number of amides is 2. The van der Waals surface area contributed by atoms with Gasteiger partial charge in [-0.15, -0.1) is 11.3 Å². The van der Waals surface area contributed by atoms with Gasteiger partial charge < -0.3 is 4.42 Å². The number of nitrogens with zero attached hydrogens (tertiary/aromatic N) is 2. The molecule has 1 saturated heterocycles. The molecule has 2 amide bonds. The number of oxazole rings is 1. The predicted octanol–water partition coefficient (Wildman–Crippen LogP) is 5.26. The van der Waals surface area contributed by atoms with Crippen LogP contribution in [0.3, 0.4) is 0 Å². The van der Waals surface area contributed by atoms with Crippen molar-refractivity contribution >= 4 is 40.3 Å². The minimum Gasteiger partial charge on any atom is -0.444 e. The number of hydrogen-bond acceptors (Lipinski definition) is 6. The number of imide groups is 1. The smallest absolute Gasteiger partial charge is 0.293 e. The summed E-state index contributed by atoms with van der Waals surface area (Å²) in [6.45, 7) is 4.13. The van der Waals surface area contributed by atoms with E-state index in [9.17, 15) is 9.59 Å². The molecule has 0 saturated carbocycles. The molecule has 0 radical (unpaired) electrons. The molecular formula is C20H16N2O3S2. The fourth-order valence-corrected chi connectivity index (χ4v) is 4.42. The van der Waals surface area contributed by atoms with E-state index in [4.69, 9.17) is 4.42 Å². The maximum atomic E-state index is 12.6. The largest absolute Gasteiger partial charge is 0.444 e. The van der Waals surface area contributed by atoms with Gasteiger partial charge in [-0.2, -0.15) is 0 Å². The molecule has 1 aromatic carbocycles. The van der Waals surface area contributed by atoms with Gasteiger partial charge in [-0.3, -0.25) is 14.5 Å². The summed E-state index contributed by atoms with van der Waals surface area (Å²) in [5.74, 6) is 0.193. The van der Waals surface area contributed by atoms with Crippen LogP contribution in [-0.2, 0) is 11.3 Å². The molecular weight excluding hydrogens is 380 g/mol. The molecule has 5 nitrogen and oxygen atoms in total. The second-order valence-electron chi connectivity index (χ2n) is 6.25. The number of benzene rings is 1. The Morgan fingerprint density at radius 3 is 2.81 bits per heavy atom. The first-order chi connectivity index (χ1) is 13.0. The first-order valence-electron chi connectivity index (χ1n) is 8.32. The number of thioether (sulfide) groups is 1. The maximum absolute atomic E-state index is 12.6. The van der Waals surface area contributed by atoms with Gasteiger partial charge in [-0.1, -0.05) is 23.8 Å². The van der Waals surface area contributed by atoms with Gasteiger partial charge in [0.15, 0.2) is 0 Å². The predicted molar refractivity (Wildman–Crippen MR) is 107 cm³/mol. The molecule has 0 spiro atoms. The summed E-state index contributed by atoms with van der Waals surface area (Å²) in [7, 11) is 0. The second kappa shape index (κ2) is 7.17. The molecule has 1 fully saturated rings. The van der Waals surface area contributed by atoms with E-state index < -0.39 is 0 Å². The van der Waals surface area contributed by atoms with E-state index in [0.717, 1.165) is 27.8 Å². The number of thiophene rings is 1. The maximum Gasteiger partial charge on any atom is 0.293 e. The minimum atomic E-state index is -0.297.